The van der Waals surface area contributed by atoms with Crippen LogP contribution in [0.2, 0.25) is 0 Å². The number of rotatable bonds is 2. The number of benzene rings is 1. The molecule has 1 aliphatic carbocycles. The molecule has 0 saturated heterocycles. The number of fused-ring (bicyclic) bond motifs is 1. The lowest BCUT2D eigenvalue weighted by Gasteiger charge is -2.34. The highest BCUT2D eigenvalue weighted by Gasteiger charge is 2.21. The molecule has 0 atom stereocenters. The van der Waals surface area contributed by atoms with Crippen molar-refractivity contribution in [3.8, 4) is 0 Å². The predicted molar refractivity (Wildman–Crippen MR) is 76.1 cm³/mol. The molecule has 0 radical (unpaired) electrons. The van der Waals surface area contributed by atoms with Crippen LogP contribution >= 0.6 is 0 Å². The summed E-state index contributed by atoms with van der Waals surface area (Å²) in [7, 11) is 0. The van der Waals surface area contributed by atoms with Crippen molar-refractivity contribution < 1.29 is 0 Å². The van der Waals surface area contributed by atoms with Gasteiger partial charge in [0.25, 0.3) is 0 Å². The van der Waals surface area contributed by atoms with Gasteiger partial charge in [-0.3, -0.25) is 0 Å². The third kappa shape index (κ3) is 2.22. The zero-order valence-corrected chi connectivity index (χ0v) is 11.2. The van der Waals surface area contributed by atoms with E-state index < -0.39 is 0 Å². The fraction of sp³-hybridized carbons (Fsp3) is 0.412. The highest BCUT2D eigenvalue weighted by molar-refractivity contribution is 5.39. The SMILES string of the molecule is CC1=C2CCCCC2=CCN1Cc1ccccc1. The van der Waals surface area contributed by atoms with Crippen LogP contribution in [0.25, 0.3) is 0 Å². The predicted octanol–water partition coefficient (Wildman–Crippen LogP) is 4.28. The zero-order chi connectivity index (χ0) is 12.4. The van der Waals surface area contributed by atoms with E-state index in [1.54, 1.807) is 11.1 Å². The molecule has 0 aromatic heterocycles. The molecule has 1 heterocycles. The highest BCUT2D eigenvalue weighted by Crippen LogP contribution is 2.35. The summed E-state index contributed by atoms with van der Waals surface area (Å²) in [4.78, 5) is 2.51. The number of hydrogen-bond donors (Lipinski definition) is 0. The highest BCUT2D eigenvalue weighted by atomic mass is 15.1. The first kappa shape index (κ1) is 11.6. The summed E-state index contributed by atoms with van der Waals surface area (Å²) in [6, 6.07) is 10.8. The molecule has 1 saturated carbocycles. The lowest BCUT2D eigenvalue weighted by Crippen LogP contribution is -2.27. The molecule has 0 N–H and O–H groups in total. The maximum absolute atomic E-state index is 2.51. The largest absolute Gasteiger partial charge is 0.367 e. The first-order chi connectivity index (χ1) is 8.84. The summed E-state index contributed by atoms with van der Waals surface area (Å²) in [5.41, 5.74) is 6.17. The van der Waals surface area contributed by atoms with Crippen LogP contribution in [0.1, 0.15) is 38.2 Å². The van der Waals surface area contributed by atoms with Crippen LogP contribution in [0.4, 0.5) is 0 Å². The molecule has 1 fully saturated rings. The molecule has 3 rings (SSSR count). The number of hydrogen-bond acceptors (Lipinski definition) is 1. The molecule has 0 unspecified atom stereocenters. The molecular formula is C17H21N. The van der Waals surface area contributed by atoms with E-state index in [0.717, 1.165) is 13.1 Å². The van der Waals surface area contributed by atoms with Gasteiger partial charge in [0, 0.05) is 18.8 Å². The lowest BCUT2D eigenvalue weighted by molar-refractivity contribution is 0.357. The van der Waals surface area contributed by atoms with Crippen LogP contribution in [0.15, 0.2) is 53.3 Å². The maximum Gasteiger partial charge on any atom is 0.0430 e. The Bertz CT molecular complexity index is 482. The average Bonchev–Trinajstić information content (AvgIpc) is 2.43. The molecule has 18 heavy (non-hydrogen) atoms. The fourth-order valence-corrected chi connectivity index (χ4v) is 3.10. The maximum atomic E-state index is 2.51. The molecule has 1 aliphatic heterocycles. The van der Waals surface area contributed by atoms with Gasteiger partial charge in [-0.2, -0.15) is 0 Å². The average molecular weight is 239 g/mol. The van der Waals surface area contributed by atoms with Crippen molar-refractivity contribution in [2.24, 2.45) is 0 Å². The standard InChI is InChI=1S/C17H21N/c1-14-17-10-6-5-9-16(17)11-12-18(14)13-15-7-3-2-4-8-15/h2-4,7-8,11H,5-6,9-10,12-13H2,1H3. The second-order valence-corrected chi connectivity index (χ2v) is 5.37. The molecule has 1 aromatic carbocycles. The van der Waals surface area contributed by atoms with E-state index in [4.69, 9.17) is 0 Å². The van der Waals surface area contributed by atoms with E-state index in [0.29, 0.717) is 0 Å². The van der Waals surface area contributed by atoms with E-state index in [2.05, 4.69) is 48.2 Å². The van der Waals surface area contributed by atoms with Crippen molar-refractivity contribution in [3.05, 3.63) is 58.8 Å². The molecule has 94 valence electrons. The van der Waals surface area contributed by atoms with Gasteiger partial charge < -0.3 is 4.90 Å². The quantitative estimate of drug-likeness (QED) is 0.744. The van der Waals surface area contributed by atoms with Crippen LogP contribution in [0, 0.1) is 0 Å². The van der Waals surface area contributed by atoms with E-state index in [9.17, 15) is 0 Å². The van der Waals surface area contributed by atoms with Gasteiger partial charge in [0.2, 0.25) is 0 Å². The van der Waals surface area contributed by atoms with Crippen LogP contribution in [0.5, 0.6) is 0 Å². The van der Waals surface area contributed by atoms with Gasteiger partial charge in [-0.1, -0.05) is 36.4 Å². The summed E-state index contributed by atoms with van der Waals surface area (Å²) in [6.45, 7) is 4.43. The summed E-state index contributed by atoms with van der Waals surface area (Å²) < 4.78 is 0. The van der Waals surface area contributed by atoms with Crippen molar-refractivity contribution in [2.75, 3.05) is 6.54 Å². The molecule has 2 aliphatic rings. The normalized spacial score (nSPS) is 19.6. The van der Waals surface area contributed by atoms with Gasteiger partial charge >= 0.3 is 0 Å². The Balaban J connectivity index is 1.80. The minimum absolute atomic E-state index is 1.04. The smallest absolute Gasteiger partial charge is 0.0430 e. The van der Waals surface area contributed by atoms with E-state index in [1.807, 2.05) is 0 Å². The van der Waals surface area contributed by atoms with Gasteiger partial charge in [0.05, 0.1) is 0 Å². The third-order valence-corrected chi connectivity index (χ3v) is 4.20. The summed E-state index contributed by atoms with van der Waals surface area (Å²) in [5.74, 6) is 0. The first-order valence-electron chi connectivity index (χ1n) is 7.02. The van der Waals surface area contributed by atoms with Gasteiger partial charge in [-0.25, -0.2) is 0 Å². The Morgan fingerprint density at radius 1 is 1.06 bits per heavy atom. The van der Waals surface area contributed by atoms with Crippen LogP contribution < -0.4 is 0 Å². The summed E-state index contributed by atoms with van der Waals surface area (Å²) >= 11 is 0. The molecule has 0 amide bonds. The zero-order valence-electron chi connectivity index (χ0n) is 11.2. The van der Waals surface area contributed by atoms with Crippen molar-refractivity contribution in [3.63, 3.8) is 0 Å². The molecule has 1 nitrogen and oxygen atoms in total. The Morgan fingerprint density at radius 2 is 1.83 bits per heavy atom. The Morgan fingerprint density at radius 3 is 2.67 bits per heavy atom. The van der Waals surface area contributed by atoms with E-state index in [1.165, 1.54) is 36.9 Å². The molecule has 1 aromatic rings. The lowest BCUT2D eigenvalue weighted by atomic mass is 9.86. The van der Waals surface area contributed by atoms with Crippen LogP contribution in [0.3, 0.4) is 0 Å². The Labute approximate surface area is 110 Å². The van der Waals surface area contributed by atoms with E-state index >= 15 is 0 Å². The van der Waals surface area contributed by atoms with Crippen LogP contribution in [-0.2, 0) is 6.54 Å². The fourth-order valence-electron chi connectivity index (χ4n) is 3.10. The number of nitrogens with zero attached hydrogens (tertiary/aromatic N) is 1. The molecule has 1 heteroatoms. The number of allylic oxidation sites excluding steroid dienone is 3. The summed E-state index contributed by atoms with van der Waals surface area (Å²) in [5, 5.41) is 0. The van der Waals surface area contributed by atoms with Crippen LogP contribution in [-0.4, -0.2) is 11.4 Å². The molecular weight excluding hydrogens is 218 g/mol. The Kier molecular flexibility index (Phi) is 3.22. The van der Waals surface area contributed by atoms with Crippen molar-refractivity contribution in [1.82, 2.24) is 4.90 Å². The topological polar surface area (TPSA) is 3.24 Å². The van der Waals surface area contributed by atoms with Gasteiger partial charge in [0.15, 0.2) is 0 Å². The third-order valence-electron chi connectivity index (χ3n) is 4.20. The minimum atomic E-state index is 1.04. The van der Waals surface area contributed by atoms with E-state index in [-0.39, 0.29) is 0 Å². The minimum Gasteiger partial charge on any atom is -0.367 e. The first-order valence-corrected chi connectivity index (χ1v) is 7.02. The van der Waals surface area contributed by atoms with Crippen molar-refractivity contribution in [1.29, 1.82) is 0 Å². The van der Waals surface area contributed by atoms with Gasteiger partial charge in [0.1, 0.15) is 0 Å². The second-order valence-electron chi connectivity index (χ2n) is 5.37. The Hall–Kier alpha value is -1.50. The van der Waals surface area contributed by atoms with Gasteiger partial charge in [-0.05, 0) is 49.3 Å². The molecule has 0 bridgehead atoms. The van der Waals surface area contributed by atoms with Crippen molar-refractivity contribution in [2.45, 2.75) is 39.2 Å². The van der Waals surface area contributed by atoms with Gasteiger partial charge in [-0.15, -0.1) is 0 Å². The molecule has 0 spiro atoms. The summed E-state index contributed by atoms with van der Waals surface area (Å²) in [6.07, 6.45) is 7.77. The second kappa shape index (κ2) is 5.01. The monoisotopic (exact) mass is 239 g/mol. The van der Waals surface area contributed by atoms with Crippen molar-refractivity contribution >= 4 is 0 Å².